The van der Waals surface area contributed by atoms with Crippen molar-refractivity contribution in [1.82, 2.24) is 0 Å². The van der Waals surface area contributed by atoms with Crippen LogP contribution in [-0.4, -0.2) is 0 Å². The van der Waals surface area contributed by atoms with E-state index in [0.29, 0.717) is 0 Å². The summed E-state index contributed by atoms with van der Waals surface area (Å²) in [5.74, 6) is 0. The molecule has 2 heterocycles. The van der Waals surface area contributed by atoms with E-state index in [-0.39, 0.29) is 6.04 Å². The van der Waals surface area contributed by atoms with Crippen LogP contribution in [-0.2, 0) is 0 Å². The molecule has 2 N–H and O–H groups in total. The first kappa shape index (κ1) is 12.1. The van der Waals surface area contributed by atoms with Gasteiger partial charge in [0.25, 0.3) is 0 Å². The van der Waals surface area contributed by atoms with E-state index in [1.54, 1.807) is 22.7 Å². The molecule has 2 rings (SSSR count). The van der Waals surface area contributed by atoms with Crippen molar-refractivity contribution < 1.29 is 0 Å². The zero-order valence-electron chi connectivity index (χ0n) is 7.34. The third-order valence-electron chi connectivity index (χ3n) is 1.95. The van der Waals surface area contributed by atoms with Crippen molar-refractivity contribution in [2.24, 2.45) is 5.73 Å². The summed E-state index contributed by atoms with van der Waals surface area (Å²) in [6.45, 7) is 0. The Hall–Kier alpha value is 0.610. The largest absolute Gasteiger partial charge is 0.320 e. The molecular weight excluding hydrogens is 382 g/mol. The summed E-state index contributed by atoms with van der Waals surface area (Å²) in [5, 5.41) is 2.69. The molecule has 1 nitrogen and oxygen atoms in total. The lowest BCUT2D eigenvalue weighted by Crippen LogP contribution is -2.10. The summed E-state index contributed by atoms with van der Waals surface area (Å²) >= 11 is 16.2. The number of thiophene rings is 2. The first-order valence-electron chi connectivity index (χ1n) is 4.03. The number of hydrogen-bond acceptors (Lipinski definition) is 3. The molecule has 0 spiro atoms. The summed E-state index contributed by atoms with van der Waals surface area (Å²) < 4.78 is 2.11. The van der Waals surface area contributed by atoms with Gasteiger partial charge in [0.15, 0.2) is 0 Å². The van der Waals surface area contributed by atoms with E-state index < -0.39 is 0 Å². The highest BCUT2D eigenvalue weighted by Gasteiger charge is 2.18. The molecule has 15 heavy (non-hydrogen) atoms. The summed E-state index contributed by atoms with van der Waals surface area (Å²) in [6, 6.07) is 3.74. The van der Waals surface area contributed by atoms with Gasteiger partial charge in [-0.15, -0.1) is 22.7 Å². The normalized spacial score (nSPS) is 13.1. The van der Waals surface area contributed by atoms with Gasteiger partial charge in [-0.1, -0.05) is 11.6 Å². The molecule has 0 amide bonds. The summed E-state index contributed by atoms with van der Waals surface area (Å²) in [4.78, 5) is 1.00. The van der Waals surface area contributed by atoms with Crippen LogP contribution >= 0.6 is 66.1 Å². The minimum Gasteiger partial charge on any atom is -0.320 e. The lowest BCUT2D eigenvalue weighted by atomic mass is 10.1. The van der Waals surface area contributed by atoms with Gasteiger partial charge in [0.1, 0.15) is 0 Å². The fourth-order valence-corrected chi connectivity index (χ4v) is 5.36. The maximum absolute atomic E-state index is 6.16. The van der Waals surface area contributed by atoms with E-state index in [2.05, 4.69) is 31.9 Å². The van der Waals surface area contributed by atoms with Crippen molar-refractivity contribution in [2.45, 2.75) is 6.04 Å². The monoisotopic (exact) mass is 385 g/mol. The second kappa shape index (κ2) is 4.85. The van der Waals surface area contributed by atoms with Crippen LogP contribution < -0.4 is 5.73 Å². The predicted molar refractivity (Wildman–Crippen MR) is 75.1 cm³/mol. The van der Waals surface area contributed by atoms with Crippen LogP contribution in [0.15, 0.2) is 25.1 Å². The van der Waals surface area contributed by atoms with Crippen molar-refractivity contribution in [3.63, 3.8) is 0 Å². The molecule has 2 aromatic heterocycles. The molecule has 0 aliphatic heterocycles. The zero-order valence-corrected chi connectivity index (χ0v) is 12.9. The first-order valence-corrected chi connectivity index (χ1v) is 7.69. The molecule has 0 bridgehead atoms. The zero-order chi connectivity index (χ0) is 11.0. The van der Waals surface area contributed by atoms with E-state index >= 15 is 0 Å². The van der Waals surface area contributed by atoms with Gasteiger partial charge in [-0.25, -0.2) is 0 Å². The number of rotatable bonds is 2. The number of halogens is 3. The van der Waals surface area contributed by atoms with E-state index in [1.165, 1.54) is 0 Å². The van der Waals surface area contributed by atoms with E-state index in [1.807, 2.05) is 17.5 Å². The second-order valence-electron chi connectivity index (χ2n) is 2.89. The van der Waals surface area contributed by atoms with Gasteiger partial charge in [0.2, 0.25) is 0 Å². The average Bonchev–Trinajstić information content (AvgIpc) is 2.71. The lowest BCUT2D eigenvalue weighted by molar-refractivity contribution is 0.894. The van der Waals surface area contributed by atoms with Crippen LogP contribution in [0.3, 0.4) is 0 Å². The third-order valence-corrected chi connectivity index (χ3v) is 5.77. The van der Waals surface area contributed by atoms with Crippen LogP contribution in [0.25, 0.3) is 0 Å². The molecule has 80 valence electrons. The molecule has 1 unspecified atom stereocenters. The maximum Gasteiger partial charge on any atom is 0.0761 e. The molecule has 0 aliphatic rings. The van der Waals surface area contributed by atoms with Crippen molar-refractivity contribution in [1.29, 1.82) is 0 Å². The first-order chi connectivity index (χ1) is 7.09. The van der Waals surface area contributed by atoms with Gasteiger partial charge in [-0.2, -0.15) is 0 Å². The number of nitrogens with two attached hydrogens (primary N) is 1. The van der Waals surface area contributed by atoms with Gasteiger partial charge in [-0.05, 0) is 49.4 Å². The van der Waals surface area contributed by atoms with Gasteiger partial charge in [-0.3, -0.25) is 0 Å². The Morgan fingerprint density at radius 1 is 1.40 bits per heavy atom. The second-order valence-corrected chi connectivity index (χ2v) is 7.99. The van der Waals surface area contributed by atoms with E-state index in [0.717, 1.165) is 23.0 Å². The van der Waals surface area contributed by atoms with E-state index in [9.17, 15) is 0 Å². The Morgan fingerprint density at radius 3 is 2.60 bits per heavy atom. The Bertz CT molecular complexity index is 480. The topological polar surface area (TPSA) is 26.0 Å². The molecule has 0 radical (unpaired) electrons. The third kappa shape index (κ3) is 2.48. The van der Waals surface area contributed by atoms with E-state index in [4.69, 9.17) is 17.3 Å². The predicted octanol–water partition coefficient (Wildman–Crippen LogP) is 5.04. The molecule has 2 aromatic rings. The van der Waals surface area contributed by atoms with Crippen LogP contribution in [0.2, 0.25) is 5.02 Å². The summed E-state index contributed by atoms with van der Waals surface area (Å²) in [6.07, 6.45) is 0. The SMILES string of the molecule is NC(c1cc(Br)sc1Br)c1sccc1Cl. The smallest absolute Gasteiger partial charge is 0.0761 e. The lowest BCUT2D eigenvalue weighted by Gasteiger charge is -2.09. The van der Waals surface area contributed by atoms with Crippen LogP contribution in [0.1, 0.15) is 16.5 Å². The van der Waals surface area contributed by atoms with Gasteiger partial charge < -0.3 is 5.73 Å². The minimum absolute atomic E-state index is 0.158. The Morgan fingerprint density at radius 2 is 2.13 bits per heavy atom. The average molecular weight is 388 g/mol. The molecule has 0 aliphatic carbocycles. The highest BCUT2D eigenvalue weighted by Crippen LogP contribution is 2.39. The standard InChI is InChI=1S/C9H6Br2ClNS2/c10-6-3-4(9(11)15-6)7(13)8-5(12)1-2-14-8/h1-3,7H,13H2. The molecule has 0 fully saturated rings. The van der Waals surface area contributed by atoms with Crippen LogP contribution in [0, 0.1) is 0 Å². The van der Waals surface area contributed by atoms with Crippen LogP contribution in [0.5, 0.6) is 0 Å². The fraction of sp³-hybridized carbons (Fsp3) is 0.111. The maximum atomic E-state index is 6.16. The molecular formula is C9H6Br2ClNS2. The molecule has 0 aromatic carbocycles. The molecule has 6 heteroatoms. The van der Waals surface area contributed by atoms with Crippen molar-refractivity contribution >= 4 is 66.1 Å². The van der Waals surface area contributed by atoms with Crippen molar-refractivity contribution in [3.05, 3.63) is 40.5 Å². The molecule has 0 saturated carbocycles. The Balaban J connectivity index is 2.40. The quantitative estimate of drug-likeness (QED) is 0.768. The van der Waals surface area contributed by atoms with Crippen molar-refractivity contribution in [3.8, 4) is 0 Å². The Kier molecular flexibility index (Phi) is 3.91. The van der Waals surface area contributed by atoms with Gasteiger partial charge >= 0.3 is 0 Å². The highest BCUT2D eigenvalue weighted by atomic mass is 79.9. The van der Waals surface area contributed by atoms with Crippen molar-refractivity contribution in [2.75, 3.05) is 0 Å². The summed E-state index contributed by atoms with van der Waals surface area (Å²) in [7, 11) is 0. The summed E-state index contributed by atoms with van der Waals surface area (Å²) in [5.41, 5.74) is 7.22. The fourth-order valence-electron chi connectivity index (χ4n) is 1.23. The molecule has 1 atom stereocenters. The van der Waals surface area contributed by atoms with Gasteiger partial charge in [0.05, 0.1) is 18.6 Å². The molecule has 0 saturated heterocycles. The Labute approximate surface area is 118 Å². The minimum atomic E-state index is -0.158. The van der Waals surface area contributed by atoms with Gasteiger partial charge in [0, 0.05) is 10.4 Å². The highest BCUT2D eigenvalue weighted by molar-refractivity contribution is 9.12. The number of hydrogen-bond donors (Lipinski definition) is 1. The van der Waals surface area contributed by atoms with Crippen LogP contribution in [0.4, 0.5) is 0 Å².